The molecular formula is C32H49N3O2. The summed E-state index contributed by atoms with van der Waals surface area (Å²) < 4.78 is 11.3. The van der Waals surface area contributed by atoms with Gasteiger partial charge in [0.05, 0.1) is 0 Å². The Bertz CT molecular complexity index is 978. The molecule has 0 aromatic heterocycles. The van der Waals surface area contributed by atoms with Crippen LogP contribution in [-0.2, 0) is 0 Å². The van der Waals surface area contributed by atoms with E-state index in [4.69, 9.17) is 15.2 Å². The number of nitrogens with zero attached hydrogens (tertiary/aromatic N) is 2. The summed E-state index contributed by atoms with van der Waals surface area (Å²) in [6.45, 7) is 15.3. The van der Waals surface area contributed by atoms with Crippen molar-refractivity contribution in [1.29, 1.82) is 0 Å². The van der Waals surface area contributed by atoms with Gasteiger partial charge in [-0.2, -0.15) is 0 Å². The fourth-order valence-corrected chi connectivity index (χ4v) is 5.39. The first kappa shape index (κ1) is 28.9. The number of hydrogen-bond donors (Lipinski definition) is 1. The van der Waals surface area contributed by atoms with Crippen molar-refractivity contribution in [1.82, 2.24) is 9.80 Å². The van der Waals surface area contributed by atoms with Crippen molar-refractivity contribution < 1.29 is 9.47 Å². The minimum Gasteiger partial charge on any atom is -0.454 e. The monoisotopic (exact) mass is 507 g/mol. The minimum absolute atomic E-state index is 0.325. The first-order chi connectivity index (χ1) is 18.0. The van der Waals surface area contributed by atoms with Gasteiger partial charge in [0.15, 0.2) is 11.5 Å². The SMILES string of the molecule is C/C=C\C=C(/C)CCC1CC(c2ccc3c(c2)OCO3)CN1C/C(=C/CC)N(CCCC)C/C(C)=C/N. The van der Waals surface area contributed by atoms with Crippen LogP contribution < -0.4 is 15.2 Å². The summed E-state index contributed by atoms with van der Waals surface area (Å²) in [5.74, 6) is 2.25. The van der Waals surface area contributed by atoms with E-state index in [1.165, 1.54) is 48.1 Å². The fraction of sp³-hybridized carbons (Fsp3) is 0.562. The van der Waals surface area contributed by atoms with Crippen LogP contribution in [0.3, 0.4) is 0 Å². The maximum Gasteiger partial charge on any atom is 0.231 e. The van der Waals surface area contributed by atoms with E-state index in [0.717, 1.165) is 50.5 Å². The van der Waals surface area contributed by atoms with Crippen LogP contribution in [0.2, 0.25) is 0 Å². The number of likely N-dealkylation sites (tertiary alicyclic amines) is 1. The third kappa shape index (κ3) is 8.43. The molecule has 3 rings (SSSR count). The van der Waals surface area contributed by atoms with Crippen molar-refractivity contribution in [2.75, 3.05) is 33.0 Å². The van der Waals surface area contributed by atoms with Crippen molar-refractivity contribution in [3.63, 3.8) is 0 Å². The normalized spacial score (nSPS) is 20.8. The molecule has 5 heteroatoms. The predicted octanol–water partition coefficient (Wildman–Crippen LogP) is 7.13. The molecule has 0 radical (unpaired) electrons. The van der Waals surface area contributed by atoms with Gasteiger partial charge in [-0.15, -0.1) is 0 Å². The zero-order valence-corrected chi connectivity index (χ0v) is 23.8. The second-order valence-electron chi connectivity index (χ2n) is 10.6. The second kappa shape index (κ2) is 14.9. The van der Waals surface area contributed by atoms with Crippen molar-refractivity contribution >= 4 is 0 Å². The van der Waals surface area contributed by atoms with Crippen molar-refractivity contribution in [3.8, 4) is 11.5 Å². The molecule has 2 atom stereocenters. The Morgan fingerprint density at radius 3 is 2.70 bits per heavy atom. The van der Waals surface area contributed by atoms with E-state index in [-0.39, 0.29) is 0 Å². The van der Waals surface area contributed by atoms with Crippen LogP contribution in [0.4, 0.5) is 0 Å². The molecule has 2 unspecified atom stereocenters. The first-order valence-corrected chi connectivity index (χ1v) is 14.2. The lowest BCUT2D eigenvalue weighted by atomic mass is 9.94. The van der Waals surface area contributed by atoms with Gasteiger partial charge in [-0.1, -0.05) is 56.2 Å². The van der Waals surface area contributed by atoms with E-state index < -0.39 is 0 Å². The summed E-state index contributed by atoms with van der Waals surface area (Å²) >= 11 is 0. The fourth-order valence-electron chi connectivity index (χ4n) is 5.39. The predicted molar refractivity (Wildman–Crippen MR) is 156 cm³/mol. The highest BCUT2D eigenvalue weighted by atomic mass is 16.7. The molecule has 5 nitrogen and oxygen atoms in total. The lowest BCUT2D eigenvalue weighted by Crippen LogP contribution is -2.37. The third-order valence-electron chi connectivity index (χ3n) is 7.56. The van der Waals surface area contributed by atoms with Crippen LogP contribution in [0, 0.1) is 0 Å². The summed E-state index contributed by atoms with van der Waals surface area (Å²) in [5.41, 5.74) is 11.4. The summed E-state index contributed by atoms with van der Waals surface area (Å²) in [7, 11) is 0. The molecule has 2 N–H and O–H groups in total. The van der Waals surface area contributed by atoms with E-state index in [1.807, 2.05) is 0 Å². The highest BCUT2D eigenvalue weighted by Gasteiger charge is 2.34. The summed E-state index contributed by atoms with van der Waals surface area (Å²) in [6, 6.07) is 7.07. The van der Waals surface area contributed by atoms with Gasteiger partial charge in [0.1, 0.15) is 0 Å². The Kier molecular flexibility index (Phi) is 11.7. The average Bonchev–Trinajstić information content (AvgIpc) is 3.54. The molecule has 0 aliphatic carbocycles. The molecule has 1 fully saturated rings. The third-order valence-corrected chi connectivity index (χ3v) is 7.56. The number of unbranched alkanes of at least 4 members (excludes halogenated alkanes) is 1. The molecule has 204 valence electrons. The van der Waals surface area contributed by atoms with Crippen molar-refractivity contribution in [2.45, 2.75) is 85.1 Å². The number of fused-ring (bicyclic) bond motifs is 1. The van der Waals surface area contributed by atoms with Gasteiger partial charge in [-0.25, -0.2) is 0 Å². The molecule has 37 heavy (non-hydrogen) atoms. The van der Waals surface area contributed by atoms with Gasteiger partial charge in [0, 0.05) is 37.9 Å². The van der Waals surface area contributed by atoms with Crippen molar-refractivity contribution in [2.24, 2.45) is 5.73 Å². The molecule has 2 heterocycles. The van der Waals surface area contributed by atoms with Crippen LogP contribution in [0.5, 0.6) is 11.5 Å². The number of nitrogens with two attached hydrogens (primary N) is 1. The molecule has 1 aromatic rings. The highest BCUT2D eigenvalue weighted by Crippen LogP contribution is 2.40. The molecule has 0 amide bonds. The molecule has 0 bridgehead atoms. The molecule has 1 saturated heterocycles. The van der Waals surface area contributed by atoms with E-state index >= 15 is 0 Å². The van der Waals surface area contributed by atoms with Gasteiger partial charge in [-0.3, -0.25) is 4.90 Å². The van der Waals surface area contributed by atoms with E-state index in [2.05, 4.69) is 86.9 Å². The zero-order valence-electron chi connectivity index (χ0n) is 23.8. The second-order valence-corrected chi connectivity index (χ2v) is 10.6. The summed E-state index contributed by atoms with van der Waals surface area (Å²) in [4.78, 5) is 5.30. The largest absolute Gasteiger partial charge is 0.454 e. The Morgan fingerprint density at radius 2 is 1.97 bits per heavy atom. The maximum absolute atomic E-state index is 5.88. The lowest BCUT2D eigenvalue weighted by Gasteiger charge is -2.33. The van der Waals surface area contributed by atoms with Gasteiger partial charge < -0.3 is 20.1 Å². The van der Waals surface area contributed by atoms with Crippen molar-refractivity contribution in [3.05, 3.63) is 71.1 Å². The number of hydrogen-bond acceptors (Lipinski definition) is 5. The number of ether oxygens (including phenoxy) is 2. The summed E-state index contributed by atoms with van der Waals surface area (Å²) in [5, 5.41) is 0. The average molecular weight is 508 g/mol. The smallest absolute Gasteiger partial charge is 0.231 e. The van der Waals surface area contributed by atoms with Gasteiger partial charge in [-0.05, 0) is 88.3 Å². The Labute approximate surface area is 225 Å². The molecule has 0 saturated carbocycles. The standard InChI is InChI=1S/C32H49N3O2/c1-6-9-12-25(4)13-15-29-18-28(27-14-16-31-32(19-27)37-24-36-31)22-35(29)23-30(11-8-3)34(17-10-7-2)21-26(5)20-33/h6,9,11-12,14,16,19-20,28-29H,7-8,10,13,15,17-18,21-24,33H2,1-5H3/b9-6-,25-12+,26-20+,30-11-. The number of benzene rings is 1. The highest BCUT2D eigenvalue weighted by molar-refractivity contribution is 5.45. The minimum atomic E-state index is 0.325. The summed E-state index contributed by atoms with van der Waals surface area (Å²) in [6.07, 6.45) is 17.6. The maximum atomic E-state index is 5.88. The Hall–Kier alpha value is -2.66. The van der Waals surface area contributed by atoms with E-state index in [0.29, 0.717) is 18.8 Å². The molecular weight excluding hydrogens is 458 g/mol. The topological polar surface area (TPSA) is 51.0 Å². The zero-order chi connectivity index (χ0) is 26.6. The van der Waals surface area contributed by atoms with Gasteiger partial charge in [0.2, 0.25) is 6.79 Å². The molecule has 1 aromatic carbocycles. The Balaban J connectivity index is 1.82. The van der Waals surface area contributed by atoms with E-state index in [9.17, 15) is 0 Å². The molecule has 0 spiro atoms. The number of rotatable bonds is 14. The van der Waals surface area contributed by atoms with Crippen LogP contribution in [0.25, 0.3) is 0 Å². The lowest BCUT2D eigenvalue weighted by molar-refractivity contribution is 0.174. The van der Waals surface area contributed by atoms with E-state index in [1.54, 1.807) is 6.20 Å². The first-order valence-electron chi connectivity index (χ1n) is 14.2. The van der Waals surface area contributed by atoms with Gasteiger partial charge in [0.25, 0.3) is 0 Å². The quantitative estimate of drug-likeness (QED) is 0.271. The Morgan fingerprint density at radius 1 is 1.16 bits per heavy atom. The molecule has 2 aliphatic heterocycles. The molecule has 2 aliphatic rings. The number of allylic oxidation sites excluding steroid dienone is 5. The van der Waals surface area contributed by atoms with Gasteiger partial charge >= 0.3 is 0 Å². The van der Waals surface area contributed by atoms with Crippen LogP contribution >= 0.6 is 0 Å². The van der Waals surface area contributed by atoms with Crippen LogP contribution in [0.15, 0.2) is 65.5 Å². The van der Waals surface area contributed by atoms with Crippen LogP contribution in [0.1, 0.15) is 84.6 Å². The van der Waals surface area contributed by atoms with Crippen LogP contribution in [-0.4, -0.2) is 48.8 Å².